The number of nitrogens with zero attached hydrogens (tertiary/aromatic N) is 4. The minimum Gasteiger partial charge on any atom is -0.356 e. The van der Waals surface area contributed by atoms with Gasteiger partial charge in [-0.15, -0.1) is 0 Å². The van der Waals surface area contributed by atoms with Gasteiger partial charge in [0.05, 0.1) is 5.41 Å². The molecule has 0 N–H and O–H groups in total. The van der Waals surface area contributed by atoms with Crippen LogP contribution in [-0.4, -0.2) is 47.0 Å². The number of carbonyl (C=O) groups excluding carboxylic acids is 1. The van der Waals surface area contributed by atoms with Gasteiger partial charge in [0.2, 0.25) is 5.91 Å². The van der Waals surface area contributed by atoms with Gasteiger partial charge in [-0.25, -0.2) is 9.97 Å². The van der Waals surface area contributed by atoms with Gasteiger partial charge in [0, 0.05) is 49.8 Å². The van der Waals surface area contributed by atoms with Crippen molar-refractivity contribution in [2.45, 2.75) is 25.2 Å². The lowest BCUT2D eigenvalue weighted by molar-refractivity contribution is -0.133. The van der Waals surface area contributed by atoms with E-state index in [0.29, 0.717) is 17.7 Å². The molecule has 134 valence electrons. The molecule has 1 aromatic heterocycles. The van der Waals surface area contributed by atoms with Gasteiger partial charge < -0.3 is 9.80 Å². The van der Waals surface area contributed by atoms with Gasteiger partial charge in [0.25, 0.3) is 0 Å². The van der Waals surface area contributed by atoms with Crippen LogP contribution in [0.25, 0.3) is 0 Å². The van der Waals surface area contributed by atoms with Gasteiger partial charge in [-0.05, 0) is 25.3 Å². The first kappa shape index (κ1) is 15.8. The molecule has 1 amide bonds. The molecule has 2 atom stereocenters. The Balaban J connectivity index is 1.29. The van der Waals surface area contributed by atoms with Crippen molar-refractivity contribution in [3.63, 3.8) is 0 Å². The number of anilines is 1. The Morgan fingerprint density at radius 3 is 2.38 bits per heavy atom. The third kappa shape index (κ3) is 2.41. The summed E-state index contributed by atoms with van der Waals surface area (Å²) >= 11 is 0. The first-order chi connectivity index (χ1) is 12.7. The highest BCUT2D eigenvalue weighted by Gasteiger charge is 2.55. The zero-order chi connectivity index (χ0) is 17.7. The fourth-order valence-electron chi connectivity index (χ4n) is 4.87. The van der Waals surface area contributed by atoms with Crippen molar-refractivity contribution in [2.24, 2.45) is 11.8 Å². The molecule has 2 aromatic rings. The van der Waals surface area contributed by atoms with E-state index in [1.54, 1.807) is 6.33 Å². The maximum Gasteiger partial charge on any atom is 0.233 e. The van der Waals surface area contributed by atoms with Gasteiger partial charge in [-0.1, -0.05) is 30.3 Å². The molecule has 0 radical (unpaired) electrons. The molecule has 1 aliphatic carbocycles. The average Bonchev–Trinajstić information content (AvgIpc) is 3.24. The van der Waals surface area contributed by atoms with Crippen molar-refractivity contribution in [1.82, 2.24) is 14.9 Å². The van der Waals surface area contributed by atoms with Gasteiger partial charge in [-0.3, -0.25) is 4.79 Å². The van der Waals surface area contributed by atoms with Crippen LogP contribution in [0.2, 0.25) is 0 Å². The van der Waals surface area contributed by atoms with Crippen molar-refractivity contribution in [3.05, 3.63) is 54.0 Å². The number of rotatable bonds is 3. The fourth-order valence-corrected chi connectivity index (χ4v) is 4.87. The Morgan fingerprint density at radius 2 is 1.77 bits per heavy atom. The second kappa shape index (κ2) is 5.79. The Bertz CT molecular complexity index is 819. The molecule has 2 aliphatic heterocycles. The van der Waals surface area contributed by atoms with E-state index in [9.17, 15) is 4.79 Å². The average molecular weight is 348 g/mol. The van der Waals surface area contributed by atoms with Crippen LogP contribution in [0.1, 0.15) is 24.0 Å². The first-order valence-electron chi connectivity index (χ1n) is 9.54. The summed E-state index contributed by atoms with van der Waals surface area (Å²) in [7, 11) is 0. The Kier molecular flexibility index (Phi) is 3.52. The van der Waals surface area contributed by atoms with Crippen LogP contribution in [0.4, 0.5) is 5.82 Å². The van der Waals surface area contributed by atoms with E-state index in [-0.39, 0.29) is 5.41 Å². The normalized spacial score (nSPS) is 26.0. The van der Waals surface area contributed by atoms with Gasteiger partial charge >= 0.3 is 0 Å². The van der Waals surface area contributed by atoms with Crippen LogP contribution in [0.3, 0.4) is 0 Å². The quantitative estimate of drug-likeness (QED) is 0.855. The Labute approximate surface area is 154 Å². The van der Waals surface area contributed by atoms with Gasteiger partial charge in [0.15, 0.2) is 0 Å². The summed E-state index contributed by atoms with van der Waals surface area (Å²) in [6, 6.07) is 10.3. The lowest BCUT2D eigenvalue weighted by Crippen LogP contribution is -2.40. The highest BCUT2D eigenvalue weighted by Crippen LogP contribution is 2.50. The molecule has 1 aromatic carbocycles. The van der Waals surface area contributed by atoms with E-state index in [4.69, 9.17) is 0 Å². The van der Waals surface area contributed by atoms with E-state index >= 15 is 0 Å². The number of aromatic nitrogens is 2. The smallest absolute Gasteiger partial charge is 0.233 e. The Morgan fingerprint density at radius 1 is 1.08 bits per heavy atom. The van der Waals surface area contributed by atoms with Crippen molar-refractivity contribution >= 4 is 11.7 Å². The second-order valence-corrected chi connectivity index (χ2v) is 8.11. The van der Waals surface area contributed by atoms with E-state index in [1.165, 1.54) is 5.56 Å². The minimum absolute atomic E-state index is 0.233. The third-order valence-corrected chi connectivity index (χ3v) is 6.43. The molecule has 1 saturated carbocycles. The van der Waals surface area contributed by atoms with E-state index in [2.05, 4.69) is 38.8 Å². The molecule has 2 saturated heterocycles. The lowest BCUT2D eigenvalue weighted by atomic mass is 9.94. The van der Waals surface area contributed by atoms with E-state index in [0.717, 1.165) is 50.4 Å². The number of hydrogen-bond acceptors (Lipinski definition) is 4. The standard InChI is InChI=1S/C21H24N4O/c1-15-9-22-14-23-19(15)24-10-16-12-25(13-17(16)11-24)20(26)21(7-8-21)18-5-3-2-4-6-18/h2-6,9,14,16-17H,7-8,10-13H2,1H3. The molecular weight excluding hydrogens is 324 g/mol. The number of carbonyl (C=O) groups is 1. The maximum atomic E-state index is 13.3. The zero-order valence-corrected chi connectivity index (χ0v) is 15.1. The SMILES string of the molecule is Cc1cncnc1N1CC2CN(C(=O)C3(c4ccccc4)CC3)CC2C1. The number of hydrogen-bond donors (Lipinski definition) is 0. The second-order valence-electron chi connectivity index (χ2n) is 8.11. The molecule has 5 rings (SSSR count). The van der Waals surface area contributed by atoms with Crippen LogP contribution < -0.4 is 4.90 Å². The molecule has 26 heavy (non-hydrogen) atoms. The summed E-state index contributed by atoms with van der Waals surface area (Å²) in [5.41, 5.74) is 2.09. The topological polar surface area (TPSA) is 49.3 Å². The van der Waals surface area contributed by atoms with Crippen molar-refractivity contribution in [2.75, 3.05) is 31.1 Å². The molecule has 5 nitrogen and oxygen atoms in total. The van der Waals surface area contributed by atoms with E-state index in [1.807, 2.05) is 24.4 Å². The first-order valence-corrected chi connectivity index (χ1v) is 9.54. The van der Waals surface area contributed by atoms with Gasteiger partial charge in [-0.2, -0.15) is 0 Å². The minimum atomic E-state index is -0.233. The summed E-state index contributed by atoms with van der Waals surface area (Å²) in [6.45, 7) is 5.82. The summed E-state index contributed by atoms with van der Waals surface area (Å²) in [5, 5.41) is 0. The molecule has 5 heteroatoms. The van der Waals surface area contributed by atoms with Crippen molar-refractivity contribution < 1.29 is 4.79 Å². The summed E-state index contributed by atoms with van der Waals surface area (Å²) in [4.78, 5) is 26.3. The molecule has 0 spiro atoms. The van der Waals surface area contributed by atoms with Gasteiger partial charge in [0.1, 0.15) is 12.1 Å². The molecular formula is C21H24N4O. The number of aryl methyl sites for hydroxylation is 1. The molecule has 3 heterocycles. The summed E-state index contributed by atoms with van der Waals surface area (Å²) in [6.07, 6.45) is 5.49. The maximum absolute atomic E-state index is 13.3. The van der Waals surface area contributed by atoms with Crippen molar-refractivity contribution in [3.8, 4) is 0 Å². The van der Waals surface area contributed by atoms with Crippen LogP contribution in [0.5, 0.6) is 0 Å². The van der Waals surface area contributed by atoms with Crippen LogP contribution in [0, 0.1) is 18.8 Å². The van der Waals surface area contributed by atoms with Crippen molar-refractivity contribution in [1.29, 1.82) is 0 Å². The van der Waals surface area contributed by atoms with Crippen LogP contribution in [-0.2, 0) is 10.2 Å². The fraction of sp³-hybridized carbons (Fsp3) is 0.476. The monoisotopic (exact) mass is 348 g/mol. The molecule has 3 fully saturated rings. The molecule has 0 bridgehead atoms. The number of benzene rings is 1. The molecule has 2 unspecified atom stereocenters. The number of amides is 1. The zero-order valence-electron chi connectivity index (χ0n) is 15.1. The van der Waals surface area contributed by atoms with E-state index < -0.39 is 0 Å². The predicted molar refractivity (Wildman–Crippen MR) is 99.9 cm³/mol. The van der Waals surface area contributed by atoms with Crippen LogP contribution in [0.15, 0.2) is 42.9 Å². The summed E-state index contributed by atoms with van der Waals surface area (Å²) in [5.74, 6) is 2.51. The largest absolute Gasteiger partial charge is 0.356 e. The molecule has 3 aliphatic rings. The summed E-state index contributed by atoms with van der Waals surface area (Å²) < 4.78 is 0. The highest BCUT2D eigenvalue weighted by atomic mass is 16.2. The number of likely N-dealkylation sites (tertiary alicyclic amines) is 1. The predicted octanol–water partition coefficient (Wildman–Crippen LogP) is 2.41. The highest BCUT2D eigenvalue weighted by molar-refractivity contribution is 5.91. The Hall–Kier alpha value is -2.43. The third-order valence-electron chi connectivity index (χ3n) is 6.43. The lowest BCUT2D eigenvalue weighted by Gasteiger charge is -2.26. The van der Waals surface area contributed by atoms with Crippen LogP contribution >= 0.6 is 0 Å². The number of fused-ring (bicyclic) bond motifs is 1.